The van der Waals surface area contributed by atoms with Crippen molar-refractivity contribution in [1.82, 2.24) is 52.3 Å². The molecule has 1 unspecified atom stereocenters. The lowest BCUT2D eigenvalue weighted by molar-refractivity contribution is -0.144. The van der Waals surface area contributed by atoms with E-state index in [9.17, 15) is 38.4 Å². The van der Waals surface area contributed by atoms with E-state index >= 15 is 0 Å². The quantitative estimate of drug-likeness (QED) is 0.104. The molecule has 6 rings (SSSR count). The zero-order chi connectivity index (χ0) is 55.2. The number of carbonyl (C=O) groups is 8. The number of carbonyl (C=O) groups excluding carboxylic acids is 8. The molecular weight excluding hydrogens is 1020 g/mol. The minimum Gasteiger partial charge on any atom is -0.351 e. The molecule has 0 spiro atoms. The maximum Gasteiger partial charge on any atom is 0.246 e. The Kier molecular flexibility index (Phi) is 22.6. The Morgan fingerprint density at radius 2 is 0.896 bits per heavy atom. The third-order valence-corrected chi connectivity index (χ3v) is 15.6. The monoisotopic (exact) mass is 1110 g/mol. The van der Waals surface area contributed by atoms with Gasteiger partial charge in [0.2, 0.25) is 47.3 Å². The largest absolute Gasteiger partial charge is 0.351 e. The molecule has 2 heterocycles. The van der Waals surface area contributed by atoms with Gasteiger partial charge in [-0.1, -0.05) is 104 Å². The minimum atomic E-state index is -0.976. The van der Waals surface area contributed by atoms with Crippen LogP contribution in [0.5, 0.6) is 0 Å². The van der Waals surface area contributed by atoms with Crippen molar-refractivity contribution in [2.24, 2.45) is 16.2 Å². The highest BCUT2D eigenvalue weighted by molar-refractivity contribution is 5.96. The van der Waals surface area contributed by atoms with Gasteiger partial charge in [0.05, 0.1) is 24.2 Å². The number of hydrogen-bond donors (Lipinski definition) is 8. The van der Waals surface area contributed by atoms with Gasteiger partial charge in [0, 0.05) is 38.0 Å². The number of nitrogens with one attached hydrogen (secondary N) is 8. The first-order valence-corrected chi connectivity index (χ1v) is 27.1. The molecule has 0 saturated carbocycles. The van der Waals surface area contributed by atoms with Crippen LogP contribution in [-0.2, 0) is 51.2 Å². The summed E-state index contributed by atoms with van der Waals surface area (Å²) >= 11 is 0. The maximum absolute atomic E-state index is 14.7. The number of benzene rings is 2. The zero-order valence-corrected chi connectivity index (χ0v) is 49.0. The molecule has 2 aliphatic carbocycles. The molecule has 2 fully saturated rings. The van der Waals surface area contributed by atoms with Crippen molar-refractivity contribution in [1.29, 1.82) is 0 Å². The van der Waals surface area contributed by atoms with Crippen LogP contribution in [0.4, 0.5) is 0 Å². The molecule has 0 bridgehead atoms. The van der Waals surface area contributed by atoms with Crippen LogP contribution in [0.2, 0.25) is 0 Å². The van der Waals surface area contributed by atoms with E-state index in [0.717, 1.165) is 49.7 Å². The second-order valence-electron chi connectivity index (χ2n) is 24.5. The number of fused-ring (bicyclic) bond motifs is 2. The molecule has 2 aliphatic heterocycles. The van der Waals surface area contributed by atoms with Gasteiger partial charge < -0.3 is 52.3 Å². The molecule has 2 aromatic carbocycles. The van der Waals surface area contributed by atoms with E-state index in [2.05, 4.69) is 54.7 Å². The van der Waals surface area contributed by atoms with Crippen molar-refractivity contribution in [3.63, 3.8) is 0 Å². The van der Waals surface area contributed by atoms with Crippen LogP contribution in [0.1, 0.15) is 155 Å². The number of likely N-dealkylation sites (N-methyl/N-ethyl adjacent to an activating group) is 2. The Morgan fingerprint density at radius 3 is 1.23 bits per heavy atom. The van der Waals surface area contributed by atoms with Gasteiger partial charge >= 0.3 is 0 Å². The van der Waals surface area contributed by atoms with Crippen LogP contribution >= 0.6 is 24.8 Å². The highest BCUT2D eigenvalue weighted by atomic mass is 35.5. The van der Waals surface area contributed by atoms with Gasteiger partial charge in [0.25, 0.3) is 0 Å². The highest BCUT2D eigenvalue weighted by Crippen LogP contribution is 2.34. The Balaban J connectivity index is 0.00000640. The molecule has 428 valence electrons. The van der Waals surface area contributed by atoms with Crippen molar-refractivity contribution in [2.75, 3.05) is 27.2 Å². The predicted octanol–water partition coefficient (Wildman–Crippen LogP) is 4.47. The molecule has 10 atom stereocenters. The van der Waals surface area contributed by atoms with Crippen LogP contribution in [0.15, 0.2) is 48.5 Å². The van der Waals surface area contributed by atoms with Gasteiger partial charge in [0.1, 0.15) is 24.2 Å². The number of rotatable bonds is 18. The van der Waals surface area contributed by atoms with Crippen molar-refractivity contribution >= 4 is 72.1 Å². The molecule has 2 aromatic rings. The van der Waals surface area contributed by atoms with E-state index < -0.39 is 76.4 Å². The first kappa shape index (κ1) is 64.2. The molecule has 8 N–H and O–H groups in total. The Morgan fingerprint density at radius 1 is 0.545 bits per heavy atom. The van der Waals surface area contributed by atoms with Crippen LogP contribution in [0, 0.1) is 16.2 Å². The number of hydrogen-bond acceptors (Lipinski definition) is 10. The van der Waals surface area contributed by atoms with Crippen molar-refractivity contribution < 1.29 is 38.4 Å². The summed E-state index contributed by atoms with van der Waals surface area (Å²) in [6.45, 7) is 18.2. The molecule has 8 amide bonds. The summed E-state index contributed by atoms with van der Waals surface area (Å²) in [5.41, 5.74) is 2.11. The average Bonchev–Trinajstić information content (AvgIpc) is 3.97. The molecule has 20 heteroatoms. The van der Waals surface area contributed by atoms with Crippen LogP contribution < -0.4 is 42.5 Å². The van der Waals surface area contributed by atoms with Crippen LogP contribution in [0.3, 0.4) is 0 Å². The van der Waals surface area contributed by atoms with Crippen molar-refractivity contribution in [2.45, 2.75) is 194 Å². The smallest absolute Gasteiger partial charge is 0.246 e. The summed E-state index contributed by atoms with van der Waals surface area (Å²) in [6, 6.07) is 9.36. The van der Waals surface area contributed by atoms with Gasteiger partial charge in [-0.2, -0.15) is 0 Å². The van der Waals surface area contributed by atoms with Gasteiger partial charge in [-0.05, 0) is 118 Å². The van der Waals surface area contributed by atoms with Crippen molar-refractivity contribution in [3.8, 4) is 0 Å². The summed E-state index contributed by atoms with van der Waals surface area (Å²) in [5.74, 6) is -2.98. The third kappa shape index (κ3) is 16.4. The summed E-state index contributed by atoms with van der Waals surface area (Å²) in [5, 5.41) is 24.3. The number of aryl methyl sites for hydroxylation is 2. The molecule has 0 aromatic heterocycles. The summed E-state index contributed by atoms with van der Waals surface area (Å²) in [7, 11) is 3.32. The lowest BCUT2D eigenvalue weighted by Gasteiger charge is -2.36. The fourth-order valence-electron chi connectivity index (χ4n) is 11.1. The fourth-order valence-corrected chi connectivity index (χ4v) is 11.1. The van der Waals surface area contributed by atoms with Crippen LogP contribution in [-0.4, -0.2) is 133 Å². The highest BCUT2D eigenvalue weighted by Gasteiger charge is 2.48. The van der Waals surface area contributed by atoms with Gasteiger partial charge in [-0.15, -0.1) is 24.8 Å². The summed E-state index contributed by atoms with van der Waals surface area (Å²) in [4.78, 5) is 116. The van der Waals surface area contributed by atoms with Crippen molar-refractivity contribution in [3.05, 3.63) is 70.8 Å². The minimum absolute atomic E-state index is 0. The lowest BCUT2D eigenvalue weighted by Crippen LogP contribution is -2.59. The standard InChI is InChI=1S/C57H86N10O8.2ClH/c1-33(58-11)49(70)64-47(55(3,4)5)53(74)66-31-37(27-43(66)51(72)62-41-25-17-21-35-19-13-15-23-39(35)41)60-45(68)29-57(9,10)30-46(69)61-38-28-44(52(73)63-42-26-18-22-36-20-14-16-24-40(36)42)67(32-38)54(75)48(56(6,7)8)65-50(71)34(2)59-12;;/h13-16,19-20,23-24,33-34,37-38,41-44,47-48,58-59H,17-18,21-22,25-32H2,1-12H3,(H,60,68)(H,61,69)(H,62,72)(H,63,73)(H,64,70)(H,65,71);2*1H/t33-,34-,37-,38-,41+,42+,43-,44?,47-,48-;;/m0../s1. The van der Waals surface area contributed by atoms with Gasteiger partial charge in [0.15, 0.2) is 0 Å². The summed E-state index contributed by atoms with van der Waals surface area (Å²) < 4.78 is 0. The first-order chi connectivity index (χ1) is 35.2. The van der Waals surface area contributed by atoms with E-state index in [4.69, 9.17) is 0 Å². The van der Waals surface area contributed by atoms with Gasteiger partial charge in [-0.25, -0.2) is 0 Å². The molecule has 4 aliphatic rings. The fraction of sp³-hybridized carbons (Fsp3) is 0.649. The zero-order valence-electron chi connectivity index (χ0n) is 47.4. The van der Waals surface area contributed by atoms with Gasteiger partial charge in [-0.3, -0.25) is 38.4 Å². The summed E-state index contributed by atoms with van der Waals surface area (Å²) in [6.07, 6.45) is 5.25. The number of nitrogens with zero attached hydrogens (tertiary/aromatic N) is 2. The van der Waals surface area contributed by atoms with E-state index in [0.29, 0.717) is 0 Å². The maximum atomic E-state index is 14.7. The van der Waals surface area contributed by atoms with E-state index in [-0.39, 0.29) is 111 Å². The number of amides is 8. The van der Waals surface area contributed by atoms with E-state index in [1.54, 1.807) is 27.9 Å². The SMILES string of the molecule is CN[C@@H](C)C(=O)N[C@@H](C(=O)N1C[C@@H](NC(=O)CC(C)(C)CC(=O)N[C@H]2C[C@@H](C(=O)N[C@@H]3CCCc4ccccc43)N(C(=O)[C@H](NC(=O)[C@H](C)NC)C(C)(C)C)C2)CC1C(=O)N[C@@H]1CCCc2ccccc21)C(C)(C)C.Cl.Cl. The molecule has 77 heavy (non-hydrogen) atoms. The van der Waals surface area contributed by atoms with E-state index in [1.807, 2.05) is 91.8 Å². The molecular formula is C57H88Cl2N10O8. The molecule has 18 nitrogen and oxygen atoms in total. The number of halogens is 2. The lowest BCUT2D eigenvalue weighted by atomic mass is 9.84. The first-order valence-electron chi connectivity index (χ1n) is 27.1. The Hall–Kier alpha value is -5.30. The second kappa shape index (κ2) is 27.0. The third-order valence-electron chi connectivity index (χ3n) is 15.6. The second-order valence-corrected chi connectivity index (χ2v) is 24.5. The molecule has 2 saturated heterocycles. The van der Waals surface area contributed by atoms with E-state index in [1.165, 1.54) is 20.9 Å². The average molecular weight is 1110 g/mol. The normalized spacial score (nSPS) is 22.7. The topological polar surface area (TPSA) is 239 Å². The van der Waals surface area contributed by atoms with Crippen LogP contribution in [0.25, 0.3) is 0 Å². The number of likely N-dealkylation sites (tertiary alicyclic amines) is 2. The Bertz CT molecular complexity index is 2280. The Labute approximate surface area is 468 Å². The molecule has 0 radical (unpaired) electrons. The predicted molar refractivity (Wildman–Crippen MR) is 302 cm³/mol.